The molecule has 112 valence electrons. The highest BCUT2D eigenvalue weighted by molar-refractivity contribution is 6.31. The molecule has 0 aliphatic rings. The number of nitrogens with one attached hydrogen (secondary N) is 1. The molecule has 0 spiro atoms. The Hall–Kier alpha value is -2.59. The van der Waals surface area contributed by atoms with E-state index in [4.69, 9.17) is 16.7 Å². The molecule has 0 aromatic heterocycles. The Balaban J connectivity index is 2.13. The van der Waals surface area contributed by atoms with Gasteiger partial charge in [0.15, 0.2) is 0 Å². The van der Waals surface area contributed by atoms with Crippen LogP contribution in [0.5, 0.6) is 0 Å². The molecule has 0 atom stereocenters. The number of aryl methyl sites for hydroxylation is 1. The predicted molar refractivity (Wildman–Crippen MR) is 87.3 cm³/mol. The van der Waals surface area contributed by atoms with Gasteiger partial charge in [0.2, 0.25) is 5.91 Å². The van der Waals surface area contributed by atoms with Crippen LogP contribution in [-0.2, 0) is 4.79 Å². The summed E-state index contributed by atoms with van der Waals surface area (Å²) in [6.07, 6.45) is 3.00. The summed E-state index contributed by atoms with van der Waals surface area (Å²) in [7, 11) is 0. The van der Waals surface area contributed by atoms with Gasteiger partial charge in [-0.2, -0.15) is 0 Å². The highest BCUT2D eigenvalue weighted by atomic mass is 35.5. The van der Waals surface area contributed by atoms with E-state index in [1.807, 2.05) is 31.2 Å². The minimum Gasteiger partial charge on any atom is -0.478 e. The van der Waals surface area contributed by atoms with Gasteiger partial charge in [0.05, 0.1) is 11.3 Å². The average Bonchev–Trinajstić information content (AvgIpc) is 2.46. The summed E-state index contributed by atoms with van der Waals surface area (Å²) in [6, 6.07) is 11.9. The summed E-state index contributed by atoms with van der Waals surface area (Å²) in [5, 5.41) is 12.0. The van der Waals surface area contributed by atoms with E-state index < -0.39 is 11.9 Å². The lowest BCUT2D eigenvalue weighted by Crippen LogP contribution is -2.12. The Morgan fingerprint density at radius 1 is 1.14 bits per heavy atom. The summed E-state index contributed by atoms with van der Waals surface area (Å²) in [4.78, 5) is 23.0. The van der Waals surface area contributed by atoms with E-state index in [9.17, 15) is 9.59 Å². The summed E-state index contributed by atoms with van der Waals surface area (Å²) in [5.41, 5.74) is 2.16. The van der Waals surface area contributed by atoms with Gasteiger partial charge in [-0.3, -0.25) is 4.79 Å². The van der Waals surface area contributed by atoms with Gasteiger partial charge in [-0.25, -0.2) is 4.79 Å². The molecule has 0 fully saturated rings. The molecule has 2 aromatic rings. The summed E-state index contributed by atoms with van der Waals surface area (Å²) in [6.45, 7) is 1.98. The number of halogens is 1. The minimum absolute atomic E-state index is 0.0125. The Labute approximate surface area is 133 Å². The van der Waals surface area contributed by atoms with Crippen LogP contribution in [0.3, 0.4) is 0 Å². The summed E-state index contributed by atoms with van der Waals surface area (Å²) in [5.74, 6) is -1.56. The third-order valence-electron chi connectivity index (χ3n) is 2.97. The van der Waals surface area contributed by atoms with Crippen LogP contribution in [0, 0.1) is 6.92 Å². The van der Waals surface area contributed by atoms with Crippen molar-refractivity contribution in [2.75, 3.05) is 5.32 Å². The van der Waals surface area contributed by atoms with Gasteiger partial charge in [-0.15, -0.1) is 0 Å². The third-order valence-corrected chi connectivity index (χ3v) is 3.21. The molecule has 0 radical (unpaired) electrons. The molecule has 2 aromatic carbocycles. The van der Waals surface area contributed by atoms with Gasteiger partial charge in [-0.1, -0.05) is 41.4 Å². The number of amides is 1. The van der Waals surface area contributed by atoms with E-state index in [1.54, 1.807) is 6.08 Å². The first-order valence-electron chi connectivity index (χ1n) is 6.54. The van der Waals surface area contributed by atoms with Crippen LogP contribution in [0.25, 0.3) is 6.08 Å². The van der Waals surface area contributed by atoms with Crippen LogP contribution in [0.15, 0.2) is 48.5 Å². The predicted octanol–water partition coefficient (Wildman–Crippen LogP) is 4.00. The van der Waals surface area contributed by atoms with Crippen molar-refractivity contribution in [1.29, 1.82) is 0 Å². The number of hydrogen-bond acceptors (Lipinski definition) is 2. The fourth-order valence-electron chi connectivity index (χ4n) is 1.83. The smallest absolute Gasteiger partial charge is 0.337 e. The molecule has 0 bridgehead atoms. The van der Waals surface area contributed by atoms with Crippen LogP contribution < -0.4 is 5.32 Å². The van der Waals surface area contributed by atoms with Crippen LogP contribution in [0.2, 0.25) is 5.02 Å². The molecule has 0 heterocycles. The van der Waals surface area contributed by atoms with Crippen molar-refractivity contribution in [3.8, 4) is 0 Å². The molecule has 22 heavy (non-hydrogen) atoms. The van der Waals surface area contributed by atoms with Gasteiger partial charge in [0.1, 0.15) is 0 Å². The van der Waals surface area contributed by atoms with Crippen molar-refractivity contribution in [2.24, 2.45) is 0 Å². The first kappa shape index (κ1) is 15.8. The van der Waals surface area contributed by atoms with Crippen molar-refractivity contribution >= 4 is 35.2 Å². The first-order chi connectivity index (χ1) is 10.5. The first-order valence-corrected chi connectivity index (χ1v) is 6.92. The van der Waals surface area contributed by atoms with Gasteiger partial charge < -0.3 is 10.4 Å². The quantitative estimate of drug-likeness (QED) is 0.838. The van der Waals surface area contributed by atoms with E-state index in [0.717, 1.165) is 11.1 Å². The molecule has 0 saturated carbocycles. The van der Waals surface area contributed by atoms with Gasteiger partial charge >= 0.3 is 5.97 Å². The lowest BCUT2D eigenvalue weighted by atomic mass is 10.1. The molecule has 2 rings (SSSR count). The largest absolute Gasteiger partial charge is 0.478 e. The van der Waals surface area contributed by atoms with Gasteiger partial charge in [0, 0.05) is 11.1 Å². The SMILES string of the molecule is Cc1ccc(C=CC(=O)Nc2cc(Cl)ccc2C(=O)O)cc1. The third kappa shape index (κ3) is 4.20. The molecule has 2 N–H and O–H groups in total. The second-order valence-electron chi connectivity index (χ2n) is 4.73. The maximum Gasteiger partial charge on any atom is 0.337 e. The minimum atomic E-state index is -1.13. The van der Waals surface area contributed by atoms with E-state index >= 15 is 0 Å². The summed E-state index contributed by atoms with van der Waals surface area (Å²) >= 11 is 5.83. The highest BCUT2D eigenvalue weighted by Crippen LogP contribution is 2.21. The second-order valence-corrected chi connectivity index (χ2v) is 5.16. The van der Waals surface area contributed by atoms with Crippen LogP contribution >= 0.6 is 11.6 Å². The lowest BCUT2D eigenvalue weighted by Gasteiger charge is -2.07. The Morgan fingerprint density at radius 2 is 1.82 bits per heavy atom. The molecule has 4 nitrogen and oxygen atoms in total. The average molecular weight is 316 g/mol. The molecule has 0 aliphatic heterocycles. The maximum absolute atomic E-state index is 11.9. The molecular weight excluding hydrogens is 302 g/mol. The van der Waals surface area contributed by atoms with Crippen LogP contribution in [-0.4, -0.2) is 17.0 Å². The normalized spacial score (nSPS) is 10.6. The number of rotatable bonds is 4. The number of aromatic carboxylic acids is 1. The number of carbonyl (C=O) groups is 2. The fraction of sp³-hybridized carbons (Fsp3) is 0.0588. The summed E-state index contributed by atoms with van der Waals surface area (Å²) < 4.78 is 0. The number of benzene rings is 2. The number of hydrogen-bond donors (Lipinski definition) is 2. The monoisotopic (exact) mass is 315 g/mol. The Morgan fingerprint density at radius 3 is 2.45 bits per heavy atom. The number of carboxylic acid groups (broad SMARTS) is 1. The van der Waals surface area contributed by atoms with Crippen LogP contribution in [0.4, 0.5) is 5.69 Å². The second kappa shape index (κ2) is 6.91. The molecular formula is C17H14ClNO3. The zero-order chi connectivity index (χ0) is 16.1. The van der Waals surface area contributed by atoms with Crippen molar-refractivity contribution in [3.05, 3.63) is 70.3 Å². The van der Waals surface area contributed by atoms with E-state index in [0.29, 0.717) is 5.02 Å². The van der Waals surface area contributed by atoms with Crippen LogP contribution in [0.1, 0.15) is 21.5 Å². The van der Waals surface area contributed by atoms with E-state index in [-0.39, 0.29) is 11.3 Å². The topological polar surface area (TPSA) is 66.4 Å². The van der Waals surface area contributed by atoms with Crippen molar-refractivity contribution < 1.29 is 14.7 Å². The molecule has 0 aliphatic carbocycles. The molecule has 5 heteroatoms. The van der Waals surface area contributed by atoms with Gasteiger partial charge in [0.25, 0.3) is 0 Å². The number of anilines is 1. The Kier molecular flexibility index (Phi) is 4.96. The van der Waals surface area contributed by atoms with Crippen molar-refractivity contribution in [1.82, 2.24) is 0 Å². The number of carboxylic acids is 1. The molecule has 0 saturated heterocycles. The number of carbonyl (C=O) groups excluding carboxylic acids is 1. The molecule has 1 amide bonds. The Bertz CT molecular complexity index is 736. The van der Waals surface area contributed by atoms with Crippen molar-refractivity contribution in [2.45, 2.75) is 6.92 Å². The zero-order valence-electron chi connectivity index (χ0n) is 11.8. The van der Waals surface area contributed by atoms with E-state index in [1.165, 1.54) is 24.3 Å². The fourth-order valence-corrected chi connectivity index (χ4v) is 2.00. The van der Waals surface area contributed by atoms with E-state index in [2.05, 4.69) is 5.32 Å². The van der Waals surface area contributed by atoms with Gasteiger partial charge in [-0.05, 0) is 36.8 Å². The highest BCUT2D eigenvalue weighted by Gasteiger charge is 2.11. The lowest BCUT2D eigenvalue weighted by molar-refractivity contribution is -0.111. The standard InChI is InChI=1S/C17H14ClNO3/c1-11-2-4-12(5-3-11)6-9-16(20)19-15-10-13(18)7-8-14(15)17(21)22/h2-10H,1H3,(H,19,20)(H,21,22). The van der Waals surface area contributed by atoms with Crippen molar-refractivity contribution in [3.63, 3.8) is 0 Å². The maximum atomic E-state index is 11.9. The zero-order valence-corrected chi connectivity index (χ0v) is 12.6. The molecule has 0 unspecified atom stereocenters.